The van der Waals surface area contributed by atoms with Crippen molar-refractivity contribution in [1.29, 1.82) is 5.26 Å². The summed E-state index contributed by atoms with van der Waals surface area (Å²) in [5.41, 5.74) is 0. The van der Waals surface area contributed by atoms with Gasteiger partial charge in [0.05, 0.1) is 0 Å². The van der Waals surface area contributed by atoms with Crippen molar-refractivity contribution in [3.05, 3.63) is 0 Å². The molecule has 0 bridgehead atoms. The van der Waals surface area contributed by atoms with Crippen molar-refractivity contribution in [1.82, 2.24) is 0 Å². The first-order valence-electron chi connectivity index (χ1n) is 2.91. The fourth-order valence-electron chi connectivity index (χ4n) is 0.547. The average Bonchev–Trinajstić information content (AvgIpc) is 2.08. The van der Waals surface area contributed by atoms with Crippen molar-refractivity contribution in [2.45, 2.75) is 0 Å². The average molecular weight is 177 g/mol. The van der Waals surface area contributed by atoms with E-state index < -0.39 is 8.80 Å². The third-order valence-electron chi connectivity index (χ3n) is 1.25. The van der Waals surface area contributed by atoms with Gasteiger partial charge in [0.25, 0.3) is 6.26 Å². The molecular weight excluding hydrogens is 166 g/mol. The van der Waals surface area contributed by atoms with E-state index in [4.69, 9.17) is 18.5 Å². The van der Waals surface area contributed by atoms with Gasteiger partial charge in [0.1, 0.15) is 0 Å². The van der Waals surface area contributed by atoms with Crippen LogP contribution in [0, 0.1) is 11.5 Å². The van der Waals surface area contributed by atoms with Crippen LogP contribution in [0.4, 0.5) is 0 Å². The summed E-state index contributed by atoms with van der Waals surface area (Å²) in [6.45, 7) is 0. The lowest BCUT2D eigenvalue weighted by Gasteiger charge is -2.21. The van der Waals surface area contributed by atoms with Crippen LogP contribution in [0.25, 0.3) is 0 Å². The summed E-state index contributed by atoms with van der Waals surface area (Å²) in [6.07, 6.45) is 1.57. The maximum atomic E-state index is 8.10. The first-order chi connectivity index (χ1) is 5.24. The van der Waals surface area contributed by atoms with Crippen LogP contribution in [-0.2, 0) is 18.0 Å². The molecule has 0 spiro atoms. The number of hydrogen-bond donors (Lipinski definition) is 0. The van der Waals surface area contributed by atoms with E-state index in [1.165, 1.54) is 27.6 Å². The number of rotatable bonds is 5. The van der Waals surface area contributed by atoms with E-state index >= 15 is 0 Å². The summed E-state index contributed by atoms with van der Waals surface area (Å²) in [4.78, 5) is 0. The molecule has 0 aliphatic carbocycles. The van der Waals surface area contributed by atoms with Crippen molar-refractivity contribution in [3.8, 4) is 6.26 Å². The molecule has 0 N–H and O–H groups in total. The van der Waals surface area contributed by atoms with Crippen LogP contribution in [0.15, 0.2) is 0 Å². The van der Waals surface area contributed by atoms with Gasteiger partial charge in [0, 0.05) is 21.3 Å². The van der Waals surface area contributed by atoms with E-state index in [1.807, 2.05) is 0 Å². The topological polar surface area (TPSA) is 60.7 Å². The van der Waals surface area contributed by atoms with E-state index in [1.54, 1.807) is 0 Å². The summed E-state index contributed by atoms with van der Waals surface area (Å²) in [7, 11) is 1.69. The number of hydrogen-bond acceptors (Lipinski definition) is 5. The Kier molecular flexibility index (Phi) is 4.81. The molecule has 0 aromatic rings. The van der Waals surface area contributed by atoms with Gasteiger partial charge in [0.2, 0.25) is 0 Å². The molecule has 0 radical (unpaired) electrons. The molecular formula is C5H11NO4Si. The second kappa shape index (κ2) is 5.09. The van der Waals surface area contributed by atoms with Gasteiger partial charge in [0.15, 0.2) is 6.23 Å². The molecule has 0 saturated heterocycles. The molecule has 5 nitrogen and oxygen atoms in total. The Morgan fingerprint density at radius 2 is 1.64 bits per heavy atom. The zero-order chi connectivity index (χ0) is 8.74. The lowest BCUT2D eigenvalue weighted by atomic mass is 11.5. The molecule has 0 aliphatic rings. The molecule has 64 valence electrons. The highest BCUT2D eigenvalue weighted by molar-refractivity contribution is 6.60. The lowest BCUT2D eigenvalue weighted by molar-refractivity contribution is 0.0937. The Hall–Kier alpha value is -0.613. The van der Waals surface area contributed by atoms with E-state index in [9.17, 15) is 0 Å². The van der Waals surface area contributed by atoms with Gasteiger partial charge in [-0.15, -0.1) is 0 Å². The van der Waals surface area contributed by atoms with Crippen molar-refractivity contribution >= 4 is 8.80 Å². The smallest absolute Gasteiger partial charge is 0.423 e. The standard InChI is InChI=1S/C5H11NO4Si/c1-7-11(8-2,9-3)5-10-4-6/h5H2,1-3H3. The molecule has 0 aromatic carbocycles. The first-order valence-corrected chi connectivity index (χ1v) is 4.84. The third-order valence-corrected chi connectivity index (χ3v) is 3.61. The quantitative estimate of drug-likeness (QED) is 0.433. The van der Waals surface area contributed by atoms with Crippen LogP contribution < -0.4 is 0 Å². The predicted molar refractivity (Wildman–Crippen MR) is 38.3 cm³/mol. The molecule has 0 atom stereocenters. The molecule has 0 saturated carbocycles. The predicted octanol–water partition coefficient (Wildman–Crippen LogP) is -0.0986. The fourth-order valence-corrected chi connectivity index (χ4v) is 1.64. The summed E-state index contributed by atoms with van der Waals surface area (Å²) < 4.78 is 19.3. The van der Waals surface area contributed by atoms with Gasteiger partial charge in [-0.1, -0.05) is 0 Å². The third kappa shape index (κ3) is 2.86. The van der Waals surface area contributed by atoms with Crippen LogP contribution in [0.3, 0.4) is 0 Å². The molecule has 0 aliphatic heterocycles. The van der Waals surface area contributed by atoms with Crippen molar-refractivity contribution < 1.29 is 18.0 Å². The van der Waals surface area contributed by atoms with E-state index in [-0.39, 0.29) is 6.23 Å². The monoisotopic (exact) mass is 177 g/mol. The Morgan fingerprint density at radius 1 is 1.18 bits per heavy atom. The van der Waals surface area contributed by atoms with Gasteiger partial charge < -0.3 is 18.0 Å². The van der Waals surface area contributed by atoms with E-state index in [0.29, 0.717) is 0 Å². The first kappa shape index (κ1) is 10.4. The minimum absolute atomic E-state index is 0.0486. The largest absolute Gasteiger partial charge is 0.541 e. The van der Waals surface area contributed by atoms with Crippen molar-refractivity contribution in [3.63, 3.8) is 0 Å². The van der Waals surface area contributed by atoms with Crippen molar-refractivity contribution in [2.75, 3.05) is 27.6 Å². The fraction of sp³-hybridized carbons (Fsp3) is 0.800. The van der Waals surface area contributed by atoms with Gasteiger partial charge in [-0.3, -0.25) is 0 Å². The molecule has 0 amide bonds. The van der Waals surface area contributed by atoms with Gasteiger partial charge in [-0.25, -0.2) is 0 Å². The summed E-state index contributed by atoms with van der Waals surface area (Å²) in [6, 6.07) is 0. The van der Waals surface area contributed by atoms with E-state index in [0.717, 1.165) is 0 Å². The maximum absolute atomic E-state index is 8.10. The maximum Gasteiger partial charge on any atom is 0.541 e. The SMILES string of the molecule is CO[Si](COC#N)(OC)OC. The van der Waals surface area contributed by atoms with Gasteiger partial charge in [-0.05, 0) is 0 Å². The zero-order valence-corrected chi connectivity index (χ0v) is 7.79. The molecule has 0 aromatic heterocycles. The molecule has 0 rings (SSSR count). The van der Waals surface area contributed by atoms with Crippen LogP contribution in [-0.4, -0.2) is 36.4 Å². The number of ether oxygens (including phenoxy) is 1. The summed E-state index contributed by atoms with van der Waals surface area (Å²) in [5.74, 6) is 0. The number of nitrogens with zero attached hydrogens (tertiary/aromatic N) is 1. The minimum atomic E-state index is -2.68. The van der Waals surface area contributed by atoms with Crippen LogP contribution in [0.2, 0.25) is 0 Å². The molecule has 0 heterocycles. The highest BCUT2D eigenvalue weighted by Gasteiger charge is 2.39. The highest BCUT2D eigenvalue weighted by atomic mass is 28.4. The Balaban J connectivity index is 3.96. The van der Waals surface area contributed by atoms with Crippen molar-refractivity contribution in [2.24, 2.45) is 0 Å². The van der Waals surface area contributed by atoms with Crippen LogP contribution in [0.1, 0.15) is 0 Å². The van der Waals surface area contributed by atoms with E-state index in [2.05, 4.69) is 4.74 Å². The highest BCUT2D eigenvalue weighted by Crippen LogP contribution is 2.05. The summed E-state index contributed by atoms with van der Waals surface area (Å²) >= 11 is 0. The van der Waals surface area contributed by atoms with Gasteiger partial charge in [-0.2, -0.15) is 5.26 Å². The second-order valence-corrected chi connectivity index (χ2v) is 4.55. The van der Waals surface area contributed by atoms with Crippen LogP contribution in [0.5, 0.6) is 0 Å². The molecule has 11 heavy (non-hydrogen) atoms. The summed E-state index contributed by atoms with van der Waals surface area (Å²) in [5, 5.41) is 8.10. The van der Waals surface area contributed by atoms with Gasteiger partial charge >= 0.3 is 8.80 Å². The lowest BCUT2D eigenvalue weighted by Crippen LogP contribution is -2.47. The Bertz CT molecular complexity index is 134. The Labute approximate surface area is 66.8 Å². The normalized spacial score (nSPS) is 10.7. The number of nitriles is 1. The van der Waals surface area contributed by atoms with Crippen LogP contribution >= 0.6 is 0 Å². The second-order valence-electron chi connectivity index (χ2n) is 1.68. The zero-order valence-electron chi connectivity index (χ0n) is 6.79. The molecule has 0 fully saturated rings. The molecule has 6 heteroatoms. The minimum Gasteiger partial charge on any atom is -0.423 e. The Morgan fingerprint density at radius 3 is 1.91 bits per heavy atom. The molecule has 0 unspecified atom stereocenters.